The molecule has 0 saturated heterocycles. The van der Waals surface area contributed by atoms with Gasteiger partial charge in [0.15, 0.2) is 5.78 Å². The van der Waals surface area contributed by atoms with Crippen molar-refractivity contribution in [1.82, 2.24) is 4.57 Å². The van der Waals surface area contributed by atoms with Crippen molar-refractivity contribution in [3.8, 4) is 0 Å². The number of hydrogen-bond donors (Lipinski definition) is 0. The standard InChI is InChI=1S/C16H11BrFNO/c17-14-2-1-3-15-13(14)8-9-19(15)10-16(20)11-4-6-12(18)7-5-11/h1-9H,10H2. The first-order chi connectivity index (χ1) is 9.65. The molecule has 0 saturated carbocycles. The molecule has 1 aromatic heterocycles. The van der Waals surface area contributed by atoms with Gasteiger partial charge in [-0.3, -0.25) is 4.79 Å². The Kier molecular flexibility index (Phi) is 3.40. The molecule has 3 aromatic rings. The minimum absolute atomic E-state index is 0.0394. The van der Waals surface area contributed by atoms with Crippen LogP contribution in [0.25, 0.3) is 10.9 Å². The van der Waals surface area contributed by atoms with Gasteiger partial charge in [0.1, 0.15) is 5.82 Å². The smallest absolute Gasteiger partial charge is 0.182 e. The first-order valence-corrected chi connectivity index (χ1v) is 6.96. The lowest BCUT2D eigenvalue weighted by Gasteiger charge is -2.05. The monoisotopic (exact) mass is 331 g/mol. The van der Waals surface area contributed by atoms with Crippen molar-refractivity contribution in [2.24, 2.45) is 0 Å². The molecule has 2 nitrogen and oxygen atoms in total. The summed E-state index contributed by atoms with van der Waals surface area (Å²) in [7, 11) is 0. The molecule has 2 aromatic carbocycles. The molecule has 0 unspecified atom stereocenters. The van der Waals surface area contributed by atoms with Gasteiger partial charge >= 0.3 is 0 Å². The Balaban J connectivity index is 1.91. The third-order valence-corrected chi connectivity index (χ3v) is 3.93. The number of halogens is 2. The Labute approximate surface area is 124 Å². The van der Waals surface area contributed by atoms with Crippen molar-refractivity contribution in [3.05, 3.63) is 70.6 Å². The number of benzene rings is 2. The minimum Gasteiger partial charge on any atom is -0.340 e. The van der Waals surface area contributed by atoms with E-state index in [0.717, 1.165) is 15.4 Å². The summed E-state index contributed by atoms with van der Waals surface area (Å²) in [4.78, 5) is 12.2. The maximum Gasteiger partial charge on any atom is 0.182 e. The van der Waals surface area contributed by atoms with Crippen LogP contribution < -0.4 is 0 Å². The van der Waals surface area contributed by atoms with Crippen LogP contribution in [0.15, 0.2) is 59.2 Å². The summed E-state index contributed by atoms with van der Waals surface area (Å²) >= 11 is 3.49. The molecule has 0 aliphatic carbocycles. The SMILES string of the molecule is O=C(Cn1ccc2c(Br)cccc21)c1ccc(F)cc1. The van der Waals surface area contributed by atoms with Gasteiger partial charge in [-0.05, 0) is 42.5 Å². The van der Waals surface area contributed by atoms with Gasteiger partial charge in [-0.25, -0.2) is 4.39 Å². The Morgan fingerprint density at radius 2 is 1.85 bits per heavy atom. The van der Waals surface area contributed by atoms with Crippen LogP contribution in [0, 0.1) is 5.82 Å². The highest BCUT2D eigenvalue weighted by Crippen LogP contribution is 2.24. The molecule has 0 aliphatic heterocycles. The van der Waals surface area contributed by atoms with Gasteiger partial charge in [0.25, 0.3) is 0 Å². The predicted molar refractivity (Wildman–Crippen MR) is 80.4 cm³/mol. The fourth-order valence-corrected chi connectivity index (χ4v) is 2.69. The average molecular weight is 332 g/mol. The third kappa shape index (κ3) is 2.39. The van der Waals surface area contributed by atoms with E-state index in [4.69, 9.17) is 0 Å². The Morgan fingerprint density at radius 1 is 1.10 bits per heavy atom. The highest BCUT2D eigenvalue weighted by Gasteiger charge is 2.10. The van der Waals surface area contributed by atoms with E-state index in [9.17, 15) is 9.18 Å². The van der Waals surface area contributed by atoms with Crippen LogP contribution in [0.4, 0.5) is 4.39 Å². The second-order valence-corrected chi connectivity index (χ2v) is 5.40. The average Bonchev–Trinajstić information content (AvgIpc) is 2.84. The van der Waals surface area contributed by atoms with Crippen molar-refractivity contribution in [3.63, 3.8) is 0 Å². The van der Waals surface area contributed by atoms with E-state index in [1.807, 2.05) is 35.0 Å². The summed E-state index contributed by atoms with van der Waals surface area (Å²) in [6, 6.07) is 13.5. The fourth-order valence-electron chi connectivity index (χ4n) is 2.21. The van der Waals surface area contributed by atoms with Crippen molar-refractivity contribution in [2.45, 2.75) is 6.54 Å². The maximum atomic E-state index is 12.9. The van der Waals surface area contributed by atoms with Crippen molar-refractivity contribution in [1.29, 1.82) is 0 Å². The van der Waals surface area contributed by atoms with E-state index in [-0.39, 0.29) is 18.1 Å². The number of ketones is 1. The van der Waals surface area contributed by atoms with Crippen molar-refractivity contribution >= 4 is 32.6 Å². The number of carbonyl (C=O) groups is 1. The van der Waals surface area contributed by atoms with E-state index in [1.165, 1.54) is 24.3 Å². The van der Waals surface area contributed by atoms with E-state index >= 15 is 0 Å². The van der Waals surface area contributed by atoms with Crippen molar-refractivity contribution < 1.29 is 9.18 Å². The van der Waals surface area contributed by atoms with Gasteiger partial charge in [-0.1, -0.05) is 22.0 Å². The lowest BCUT2D eigenvalue weighted by atomic mass is 10.1. The van der Waals surface area contributed by atoms with E-state index in [2.05, 4.69) is 15.9 Å². The van der Waals surface area contributed by atoms with Crippen molar-refractivity contribution in [2.75, 3.05) is 0 Å². The highest BCUT2D eigenvalue weighted by atomic mass is 79.9. The number of rotatable bonds is 3. The summed E-state index contributed by atoms with van der Waals surface area (Å²) in [5, 5.41) is 1.07. The van der Waals surface area contributed by atoms with E-state index < -0.39 is 0 Å². The number of Topliss-reactive ketones (excluding diaryl/α,β-unsaturated/α-hetero) is 1. The molecule has 0 aliphatic rings. The van der Waals surface area contributed by atoms with E-state index in [1.54, 1.807) is 0 Å². The summed E-state index contributed by atoms with van der Waals surface area (Å²) in [6.07, 6.45) is 1.89. The largest absolute Gasteiger partial charge is 0.340 e. The van der Waals surface area contributed by atoms with Crippen LogP contribution in [-0.2, 0) is 6.54 Å². The predicted octanol–water partition coefficient (Wildman–Crippen LogP) is 4.43. The topological polar surface area (TPSA) is 22.0 Å². The van der Waals surface area contributed by atoms with Crippen LogP contribution in [0.1, 0.15) is 10.4 Å². The zero-order valence-electron chi connectivity index (χ0n) is 10.5. The molecule has 1 heterocycles. The van der Waals surface area contributed by atoms with Gasteiger partial charge in [0.05, 0.1) is 6.54 Å². The summed E-state index contributed by atoms with van der Waals surface area (Å²) in [5.74, 6) is -0.376. The molecule has 0 amide bonds. The molecule has 0 fully saturated rings. The zero-order valence-corrected chi connectivity index (χ0v) is 12.1. The molecule has 4 heteroatoms. The van der Waals surface area contributed by atoms with Gasteiger partial charge in [0.2, 0.25) is 0 Å². The first kappa shape index (κ1) is 13.1. The molecule has 0 atom stereocenters. The molecular formula is C16H11BrFNO. The Morgan fingerprint density at radius 3 is 2.60 bits per heavy atom. The molecular weight excluding hydrogens is 321 g/mol. The third-order valence-electron chi connectivity index (χ3n) is 3.24. The summed E-state index contributed by atoms with van der Waals surface area (Å²) in [6.45, 7) is 0.242. The minimum atomic E-state index is -0.336. The Hall–Kier alpha value is -1.94. The molecule has 20 heavy (non-hydrogen) atoms. The Bertz CT molecular complexity index is 777. The number of nitrogens with zero attached hydrogens (tertiary/aromatic N) is 1. The number of hydrogen-bond acceptors (Lipinski definition) is 1. The van der Waals surface area contributed by atoms with Gasteiger partial charge in [0, 0.05) is 27.1 Å². The second-order valence-electron chi connectivity index (χ2n) is 4.55. The lowest BCUT2D eigenvalue weighted by Crippen LogP contribution is -2.09. The quantitative estimate of drug-likeness (QED) is 0.651. The van der Waals surface area contributed by atoms with Gasteiger partial charge in [-0.2, -0.15) is 0 Å². The number of fused-ring (bicyclic) bond motifs is 1. The first-order valence-electron chi connectivity index (χ1n) is 6.17. The lowest BCUT2D eigenvalue weighted by molar-refractivity contribution is 0.0973. The molecule has 0 spiro atoms. The van der Waals surface area contributed by atoms with Crippen LogP contribution in [0.3, 0.4) is 0 Å². The van der Waals surface area contributed by atoms with E-state index in [0.29, 0.717) is 5.56 Å². The molecule has 0 radical (unpaired) electrons. The van der Waals surface area contributed by atoms with Crippen LogP contribution in [0.2, 0.25) is 0 Å². The normalized spacial score (nSPS) is 10.9. The second kappa shape index (κ2) is 5.21. The van der Waals surface area contributed by atoms with Gasteiger partial charge < -0.3 is 4.57 Å². The maximum absolute atomic E-state index is 12.9. The highest BCUT2D eigenvalue weighted by molar-refractivity contribution is 9.10. The van der Waals surface area contributed by atoms with Crippen LogP contribution in [-0.4, -0.2) is 10.4 Å². The number of aromatic nitrogens is 1. The summed E-state index contributed by atoms with van der Waals surface area (Å²) < 4.78 is 15.8. The molecule has 100 valence electrons. The fraction of sp³-hybridized carbons (Fsp3) is 0.0625. The zero-order chi connectivity index (χ0) is 14.1. The molecule has 0 N–H and O–H groups in total. The number of carbonyl (C=O) groups excluding carboxylic acids is 1. The van der Waals surface area contributed by atoms with Crippen LogP contribution in [0.5, 0.6) is 0 Å². The molecule has 0 bridgehead atoms. The van der Waals surface area contributed by atoms with Gasteiger partial charge in [-0.15, -0.1) is 0 Å². The molecule has 3 rings (SSSR count). The van der Waals surface area contributed by atoms with Crippen LogP contribution >= 0.6 is 15.9 Å². The summed E-state index contributed by atoms with van der Waals surface area (Å²) in [5.41, 5.74) is 1.51.